The molecule has 2 unspecified atom stereocenters. The average molecular weight is 388 g/mol. The fourth-order valence-corrected chi connectivity index (χ4v) is 2.23. The molecule has 0 saturated heterocycles. The van der Waals surface area contributed by atoms with Crippen LogP contribution in [0.25, 0.3) is 0 Å². The zero-order chi connectivity index (χ0) is 17.6. The number of nitro groups is 1. The SMILES string of the molecule is CC(Cc1ccc([N+](=O)[O-])cc1)OC(=O)CC(Br)C(=O)C(=O)O. The number of ether oxygens (including phenoxy) is 1. The van der Waals surface area contributed by atoms with Crippen LogP contribution in [0.2, 0.25) is 0 Å². The van der Waals surface area contributed by atoms with Crippen LogP contribution < -0.4 is 0 Å². The van der Waals surface area contributed by atoms with Gasteiger partial charge >= 0.3 is 11.9 Å². The van der Waals surface area contributed by atoms with Crippen molar-refractivity contribution in [3.63, 3.8) is 0 Å². The second-order valence-corrected chi connectivity index (χ2v) is 5.87. The fraction of sp³-hybridized carbons (Fsp3) is 0.357. The molecule has 124 valence electrons. The maximum Gasteiger partial charge on any atom is 0.373 e. The largest absolute Gasteiger partial charge is 0.475 e. The number of nitrogens with zero attached hydrogens (tertiary/aromatic N) is 1. The normalized spacial score (nSPS) is 13.0. The highest BCUT2D eigenvalue weighted by Crippen LogP contribution is 2.15. The van der Waals surface area contributed by atoms with Crippen molar-refractivity contribution < 1.29 is 29.2 Å². The van der Waals surface area contributed by atoms with Gasteiger partial charge in [0, 0.05) is 18.6 Å². The Balaban J connectivity index is 2.51. The summed E-state index contributed by atoms with van der Waals surface area (Å²) < 4.78 is 5.08. The molecule has 2 atom stereocenters. The van der Waals surface area contributed by atoms with Crippen molar-refractivity contribution in [3.8, 4) is 0 Å². The van der Waals surface area contributed by atoms with Crippen LogP contribution in [0, 0.1) is 10.1 Å². The number of alkyl halides is 1. The maximum atomic E-state index is 11.6. The van der Waals surface area contributed by atoms with Gasteiger partial charge in [-0.3, -0.25) is 19.7 Å². The molecule has 0 saturated carbocycles. The standard InChI is InChI=1S/C14H14BrNO7/c1-8(6-9-2-4-10(5-3-9)16(21)22)23-12(17)7-11(15)13(18)14(19)20/h2-5,8,11H,6-7H2,1H3,(H,19,20). The third-order valence-corrected chi connectivity index (χ3v) is 3.58. The Morgan fingerprint density at radius 2 is 1.87 bits per heavy atom. The summed E-state index contributed by atoms with van der Waals surface area (Å²) in [6.45, 7) is 1.63. The highest BCUT2D eigenvalue weighted by molar-refractivity contribution is 9.10. The lowest BCUT2D eigenvalue weighted by atomic mass is 10.1. The molecule has 0 heterocycles. The average Bonchev–Trinajstić information content (AvgIpc) is 2.46. The number of carbonyl (C=O) groups excluding carboxylic acids is 2. The summed E-state index contributed by atoms with van der Waals surface area (Å²) in [5.74, 6) is -3.46. The smallest absolute Gasteiger partial charge is 0.373 e. The van der Waals surface area contributed by atoms with Crippen LogP contribution in [0.15, 0.2) is 24.3 Å². The van der Waals surface area contributed by atoms with E-state index in [0.29, 0.717) is 6.42 Å². The minimum atomic E-state index is -1.63. The zero-order valence-electron chi connectivity index (χ0n) is 12.1. The van der Waals surface area contributed by atoms with Gasteiger partial charge in [0.15, 0.2) is 0 Å². The first-order valence-corrected chi connectivity index (χ1v) is 7.46. The predicted molar refractivity (Wildman–Crippen MR) is 82.3 cm³/mol. The molecule has 0 spiro atoms. The van der Waals surface area contributed by atoms with Crippen molar-refractivity contribution in [2.75, 3.05) is 0 Å². The molecule has 0 aromatic heterocycles. The van der Waals surface area contributed by atoms with Crippen molar-refractivity contribution >= 4 is 39.3 Å². The van der Waals surface area contributed by atoms with Gasteiger partial charge in [-0.05, 0) is 12.5 Å². The number of carboxylic acid groups (broad SMARTS) is 1. The van der Waals surface area contributed by atoms with Gasteiger partial charge in [-0.15, -0.1) is 0 Å². The predicted octanol–water partition coefficient (Wildman–Crippen LogP) is 1.88. The Kier molecular flexibility index (Phi) is 6.83. The van der Waals surface area contributed by atoms with E-state index in [1.54, 1.807) is 19.1 Å². The first-order valence-electron chi connectivity index (χ1n) is 6.54. The Morgan fingerprint density at radius 1 is 1.30 bits per heavy atom. The Bertz CT molecular complexity index is 614. The van der Waals surface area contributed by atoms with Gasteiger partial charge in [-0.2, -0.15) is 0 Å². The van der Waals surface area contributed by atoms with Crippen molar-refractivity contribution in [3.05, 3.63) is 39.9 Å². The first kappa shape index (κ1) is 18.8. The lowest BCUT2D eigenvalue weighted by Crippen LogP contribution is -2.28. The third kappa shape index (κ3) is 6.15. The topological polar surface area (TPSA) is 124 Å². The molecule has 0 aliphatic carbocycles. The quantitative estimate of drug-likeness (QED) is 0.237. The Morgan fingerprint density at radius 3 is 2.35 bits per heavy atom. The van der Waals surface area contributed by atoms with E-state index in [4.69, 9.17) is 9.84 Å². The monoisotopic (exact) mass is 387 g/mol. The minimum Gasteiger partial charge on any atom is -0.475 e. The summed E-state index contributed by atoms with van der Waals surface area (Å²) in [7, 11) is 0. The van der Waals surface area contributed by atoms with Crippen LogP contribution in [0.4, 0.5) is 5.69 Å². The number of aliphatic carboxylic acids is 1. The molecule has 0 aliphatic rings. The maximum absolute atomic E-state index is 11.6. The van der Waals surface area contributed by atoms with Gasteiger partial charge in [0.05, 0.1) is 16.2 Å². The highest BCUT2D eigenvalue weighted by Gasteiger charge is 2.26. The number of nitro benzene ring substituents is 1. The van der Waals surface area contributed by atoms with E-state index in [1.807, 2.05) is 0 Å². The molecular formula is C14H14BrNO7. The molecule has 0 bridgehead atoms. The number of non-ortho nitro benzene ring substituents is 1. The Labute approximate surface area is 139 Å². The van der Waals surface area contributed by atoms with Gasteiger partial charge in [-0.25, -0.2) is 4.79 Å². The number of ketones is 1. The molecule has 1 rings (SSSR count). The molecule has 1 aromatic carbocycles. The molecular weight excluding hydrogens is 374 g/mol. The van der Waals surface area contributed by atoms with Crippen LogP contribution >= 0.6 is 15.9 Å². The van der Waals surface area contributed by atoms with E-state index in [2.05, 4.69) is 15.9 Å². The van der Waals surface area contributed by atoms with Crippen molar-refractivity contribution in [2.24, 2.45) is 0 Å². The summed E-state index contributed by atoms with van der Waals surface area (Å²) in [6.07, 6.45) is -0.581. The number of esters is 1. The molecule has 1 aromatic rings. The second kappa shape index (κ2) is 8.37. The number of carbonyl (C=O) groups is 3. The van der Waals surface area contributed by atoms with E-state index < -0.39 is 40.0 Å². The van der Waals surface area contributed by atoms with Crippen LogP contribution in [-0.2, 0) is 25.5 Å². The van der Waals surface area contributed by atoms with E-state index in [-0.39, 0.29) is 5.69 Å². The fourth-order valence-electron chi connectivity index (χ4n) is 1.77. The summed E-state index contributed by atoms with van der Waals surface area (Å²) >= 11 is 2.83. The van der Waals surface area contributed by atoms with Gasteiger partial charge in [0.2, 0.25) is 0 Å². The molecule has 9 heteroatoms. The summed E-state index contributed by atoms with van der Waals surface area (Å²) in [4.78, 5) is 42.1. The Hall–Kier alpha value is -2.29. The first-order chi connectivity index (χ1) is 10.7. The lowest BCUT2D eigenvalue weighted by Gasteiger charge is -2.14. The van der Waals surface area contributed by atoms with Crippen LogP contribution in [0.5, 0.6) is 0 Å². The number of hydrogen-bond acceptors (Lipinski definition) is 6. The van der Waals surface area contributed by atoms with Gasteiger partial charge < -0.3 is 9.84 Å². The third-order valence-electron chi connectivity index (χ3n) is 2.84. The molecule has 0 fully saturated rings. The molecule has 0 aliphatic heterocycles. The number of benzene rings is 1. The number of rotatable bonds is 8. The van der Waals surface area contributed by atoms with E-state index in [0.717, 1.165) is 5.56 Å². The van der Waals surface area contributed by atoms with Gasteiger partial charge in [0.1, 0.15) is 6.10 Å². The second-order valence-electron chi connectivity index (χ2n) is 4.77. The van der Waals surface area contributed by atoms with Gasteiger partial charge in [-0.1, -0.05) is 28.1 Å². The van der Waals surface area contributed by atoms with Crippen LogP contribution in [0.3, 0.4) is 0 Å². The number of hydrogen-bond donors (Lipinski definition) is 1. The van der Waals surface area contributed by atoms with Crippen molar-refractivity contribution in [2.45, 2.75) is 30.7 Å². The summed E-state index contributed by atoms with van der Waals surface area (Å²) in [6, 6.07) is 5.82. The van der Waals surface area contributed by atoms with E-state index >= 15 is 0 Å². The zero-order valence-corrected chi connectivity index (χ0v) is 13.7. The highest BCUT2D eigenvalue weighted by atomic mass is 79.9. The molecule has 8 nitrogen and oxygen atoms in total. The van der Waals surface area contributed by atoms with Gasteiger partial charge in [0.25, 0.3) is 11.5 Å². The van der Waals surface area contributed by atoms with E-state index in [9.17, 15) is 24.5 Å². The van der Waals surface area contributed by atoms with Crippen molar-refractivity contribution in [1.29, 1.82) is 0 Å². The van der Waals surface area contributed by atoms with E-state index in [1.165, 1.54) is 12.1 Å². The summed E-state index contributed by atoms with van der Waals surface area (Å²) in [5, 5.41) is 19.1. The molecule has 0 radical (unpaired) electrons. The number of halogens is 1. The van der Waals surface area contributed by atoms with Crippen LogP contribution in [0.1, 0.15) is 18.9 Å². The molecule has 0 amide bonds. The van der Waals surface area contributed by atoms with Crippen LogP contribution in [-0.4, -0.2) is 38.7 Å². The molecule has 1 N–H and O–H groups in total. The summed E-state index contributed by atoms with van der Waals surface area (Å²) in [5.41, 5.74) is 0.709. The number of Topliss-reactive ketones (excluding diaryl/α,β-unsaturated/α-hetero) is 1. The lowest BCUT2D eigenvalue weighted by molar-refractivity contribution is -0.384. The number of carboxylic acids is 1. The molecule has 23 heavy (non-hydrogen) atoms. The minimum absolute atomic E-state index is 0.0345. The van der Waals surface area contributed by atoms with Crippen molar-refractivity contribution in [1.82, 2.24) is 0 Å².